The maximum absolute atomic E-state index is 10.6. The quantitative estimate of drug-likeness (QED) is 0.422. The number of aliphatic hydroxyl groups excluding tert-OH is 1. The standard InChI is InChI=1S/C29H41NO2/c1-5-6-7-12-24-13-10-11-16-28(24)22(2)32-21-27(31)20-30-29(3,4)19-23-17-25-14-8-9-15-26(25)18-23/h7-16,22-23,27,30-31H,5-6,17-21H2,1-4H3/b12-7+. The molecule has 3 heteroatoms. The third-order valence-electron chi connectivity index (χ3n) is 6.48. The Morgan fingerprint density at radius 3 is 2.44 bits per heavy atom. The molecule has 3 nitrogen and oxygen atoms in total. The van der Waals surface area contributed by atoms with Crippen LogP contribution in [0.25, 0.3) is 6.08 Å². The Hall–Kier alpha value is -1.94. The first-order valence-electron chi connectivity index (χ1n) is 12.2. The summed E-state index contributed by atoms with van der Waals surface area (Å²) in [6, 6.07) is 17.2. The van der Waals surface area contributed by atoms with E-state index in [0.717, 1.165) is 32.1 Å². The molecule has 0 aliphatic heterocycles. The average molecular weight is 436 g/mol. The molecule has 0 fully saturated rings. The SMILES string of the molecule is CCC/C=C/c1ccccc1C(C)OCC(O)CNC(C)(C)CC1Cc2ccccc2C1. The molecule has 0 heterocycles. The smallest absolute Gasteiger partial charge is 0.0898 e. The highest BCUT2D eigenvalue weighted by Gasteiger charge is 2.28. The van der Waals surface area contributed by atoms with Gasteiger partial charge in [0, 0.05) is 12.1 Å². The number of β-amino-alcohol motifs (C(OH)–C–C–N with tert-alkyl or cyclic N) is 1. The number of fused-ring (bicyclic) bond motifs is 1. The van der Waals surface area contributed by atoms with Crippen molar-refractivity contribution >= 4 is 6.08 Å². The van der Waals surface area contributed by atoms with Gasteiger partial charge in [-0.15, -0.1) is 0 Å². The van der Waals surface area contributed by atoms with E-state index in [1.54, 1.807) is 0 Å². The van der Waals surface area contributed by atoms with Gasteiger partial charge < -0.3 is 15.2 Å². The van der Waals surface area contributed by atoms with E-state index in [1.807, 2.05) is 6.07 Å². The highest BCUT2D eigenvalue weighted by molar-refractivity contribution is 5.54. The van der Waals surface area contributed by atoms with Crippen LogP contribution in [-0.2, 0) is 17.6 Å². The Balaban J connectivity index is 1.43. The second kappa shape index (κ2) is 11.8. The molecule has 2 atom stereocenters. The Labute approximate surface area is 194 Å². The van der Waals surface area contributed by atoms with Crippen molar-refractivity contribution in [1.29, 1.82) is 0 Å². The summed E-state index contributed by atoms with van der Waals surface area (Å²) in [4.78, 5) is 0. The summed E-state index contributed by atoms with van der Waals surface area (Å²) >= 11 is 0. The van der Waals surface area contributed by atoms with Crippen LogP contribution in [0.3, 0.4) is 0 Å². The first-order chi connectivity index (χ1) is 15.4. The Morgan fingerprint density at radius 2 is 1.75 bits per heavy atom. The zero-order valence-corrected chi connectivity index (χ0v) is 20.3. The number of allylic oxidation sites excluding steroid dienone is 1. The summed E-state index contributed by atoms with van der Waals surface area (Å²) in [5.41, 5.74) is 5.35. The van der Waals surface area contributed by atoms with Crippen molar-refractivity contribution in [2.45, 2.75) is 77.5 Å². The molecule has 0 aromatic heterocycles. The third-order valence-corrected chi connectivity index (χ3v) is 6.48. The van der Waals surface area contributed by atoms with Crippen molar-refractivity contribution < 1.29 is 9.84 Å². The summed E-state index contributed by atoms with van der Waals surface area (Å²) in [5, 5.41) is 14.1. The van der Waals surface area contributed by atoms with E-state index in [0.29, 0.717) is 19.1 Å². The van der Waals surface area contributed by atoms with Crippen molar-refractivity contribution in [2.75, 3.05) is 13.2 Å². The maximum atomic E-state index is 10.6. The lowest BCUT2D eigenvalue weighted by Crippen LogP contribution is -2.45. The molecule has 174 valence electrons. The van der Waals surface area contributed by atoms with Gasteiger partial charge in [0.05, 0.1) is 18.8 Å². The number of benzene rings is 2. The maximum Gasteiger partial charge on any atom is 0.0898 e. The van der Waals surface area contributed by atoms with Crippen molar-refractivity contribution in [2.24, 2.45) is 5.92 Å². The molecular weight excluding hydrogens is 394 g/mol. The van der Waals surface area contributed by atoms with E-state index in [2.05, 4.69) is 87.6 Å². The van der Waals surface area contributed by atoms with Gasteiger partial charge in [0.2, 0.25) is 0 Å². The molecular formula is C29H41NO2. The average Bonchev–Trinajstić information content (AvgIpc) is 3.18. The fraction of sp³-hybridized carbons (Fsp3) is 0.517. The van der Waals surface area contributed by atoms with Crippen molar-refractivity contribution in [1.82, 2.24) is 5.32 Å². The highest BCUT2D eigenvalue weighted by atomic mass is 16.5. The number of hydrogen-bond donors (Lipinski definition) is 2. The molecule has 1 aliphatic rings. The molecule has 2 N–H and O–H groups in total. The van der Waals surface area contributed by atoms with Gasteiger partial charge in [-0.3, -0.25) is 0 Å². The predicted molar refractivity (Wildman–Crippen MR) is 135 cm³/mol. The number of rotatable bonds is 12. The van der Waals surface area contributed by atoms with Gasteiger partial charge in [-0.25, -0.2) is 0 Å². The summed E-state index contributed by atoms with van der Waals surface area (Å²) < 4.78 is 6.05. The fourth-order valence-corrected chi connectivity index (χ4v) is 4.80. The van der Waals surface area contributed by atoms with E-state index in [4.69, 9.17) is 4.74 Å². The number of hydrogen-bond acceptors (Lipinski definition) is 3. The topological polar surface area (TPSA) is 41.5 Å². The van der Waals surface area contributed by atoms with E-state index in [9.17, 15) is 5.11 Å². The Morgan fingerprint density at radius 1 is 1.09 bits per heavy atom. The molecule has 0 bridgehead atoms. The Kier molecular flexibility index (Phi) is 9.10. The summed E-state index contributed by atoms with van der Waals surface area (Å²) in [5.74, 6) is 0.667. The molecule has 0 spiro atoms. The zero-order valence-electron chi connectivity index (χ0n) is 20.3. The van der Waals surface area contributed by atoms with E-state index in [-0.39, 0.29) is 11.6 Å². The van der Waals surface area contributed by atoms with Gasteiger partial charge in [0.25, 0.3) is 0 Å². The van der Waals surface area contributed by atoms with Crippen LogP contribution in [0.4, 0.5) is 0 Å². The van der Waals surface area contributed by atoms with Crippen molar-refractivity contribution in [3.05, 3.63) is 76.9 Å². The zero-order chi connectivity index (χ0) is 23.0. The van der Waals surface area contributed by atoms with Crippen LogP contribution in [0.1, 0.15) is 75.3 Å². The number of unbranched alkanes of at least 4 members (excludes halogenated alkanes) is 1. The third kappa shape index (κ3) is 7.30. The Bertz CT molecular complexity index is 848. The van der Waals surface area contributed by atoms with E-state index < -0.39 is 6.10 Å². The minimum Gasteiger partial charge on any atom is -0.389 e. The van der Waals surface area contributed by atoms with Crippen LogP contribution in [0, 0.1) is 5.92 Å². The lowest BCUT2D eigenvalue weighted by Gasteiger charge is -2.31. The first kappa shape index (κ1) is 24.7. The lowest BCUT2D eigenvalue weighted by molar-refractivity contribution is -0.00467. The predicted octanol–water partition coefficient (Wildman–Crippen LogP) is 6.11. The summed E-state index contributed by atoms with van der Waals surface area (Å²) in [6.45, 7) is 9.60. The number of ether oxygens (including phenoxy) is 1. The molecule has 3 rings (SSSR count). The van der Waals surface area contributed by atoms with Gasteiger partial charge in [0.15, 0.2) is 0 Å². The largest absolute Gasteiger partial charge is 0.389 e. The van der Waals surface area contributed by atoms with Gasteiger partial charge in [-0.1, -0.05) is 74.0 Å². The monoisotopic (exact) mass is 435 g/mol. The van der Waals surface area contributed by atoms with Gasteiger partial charge in [-0.05, 0) is 74.6 Å². The molecule has 1 aliphatic carbocycles. The molecule has 0 saturated heterocycles. The number of aliphatic hydroxyl groups is 1. The molecule has 2 unspecified atom stereocenters. The molecule has 32 heavy (non-hydrogen) atoms. The van der Waals surface area contributed by atoms with Gasteiger partial charge in [-0.2, -0.15) is 0 Å². The normalized spacial score (nSPS) is 16.4. The fourth-order valence-electron chi connectivity index (χ4n) is 4.80. The van der Waals surface area contributed by atoms with Crippen LogP contribution in [0.15, 0.2) is 54.6 Å². The summed E-state index contributed by atoms with van der Waals surface area (Å²) in [6.07, 6.45) is 9.47. The first-order valence-corrected chi connectivity index (χ1v) is 12.2. The van der Waals surface area contributed by atoms with Crippen LogP contribution in [-0.4, -0.2) is 29.9 Å². The minimum atomic E-state index is -0.528. The lowest BCUT2D eigenvalue weighted by atomic mass is 9.88. The summed E-state index contributed by atoms with van der Waals surface area (Å²) in [7, 11) is 0. The van der Waals surface area contributed by atoms with Crippen LogP contribution >= 0.6 is 0 Å². The molecule has 0 amide bonds. The number of nitrogens with one attached hydrogen (secondary N) is 1. The van der Waals surface area contributed by atoms with E-state index >= 15 is 0 Å². The second-order valence-electron chi connectivity index (χ2n) is 9.96. The van der Waals surface area contributed by atoms with Crippen molar-refractivity contribution in [3.8, 4) is 0 Å². The molecule has 2 aromatic carbocycles. The van der Waals surface area contributed by atoms with Crippen LogP contribution in [0.2, 0.25) is 0 Å². The van der Waals surface area contributed by atoms with Crippen LogP contribution in [0.5, 0.6) is 0 Å². The molecule has 0 saturated carbocycles. The van der Waals surface area contributed by atoms with E-state index in [1.165, 1.54) is 22.3 Å². The molecule has 2 aromatic rings. The highest BCUT2D eigenvalue weighted by Crippen LogP contribution is 2.32. The van der Waals surface area contributed by atoms with Crippen molar-refractivity contribution in [3.63, 3.8) is 0 Å². The van der Waals surface area contributed by atoms with Gasteiger partial charge >= 0.3 is 0 Å². The molecule has 0 radical (unpaired) electrons. The second-order valence-corrected chi connectivity index (χ2v) is 9.96. The van der Waals surface area contributed by atoms with Crippen LogP contribution < -0.4 is 5.32 Å². The van der Waals surface area contributed by atoms with Gasteiger partial charge in [0.1, 0.15) is 0 Å². The minimum absolute atomic E-state index is 0.0179.